The second-order valence-corrected chi connectivity index (χ2v) is 10.8. The average molecular weight is 450 g/mol. The van der Waals surface area contributed by atoms with Crippen LogP contribution in [0.15, 0.2) is 22.5 Å². The van der Waals surface area contributed by atoms with Gasteiger partial charge in [-0.1, -0.05) is 83.7 Å². The largest absolute Gasteiger partial charge is 0.480 e. The van der Waals surface area contributed by atoms with Crippen LogP contribution < -0.4 is 10.1 Å². The van der Waals surface area contributed by atoms with Crippen LogP contribution in [0, 0.1) is 0 Å². The monoisotopic (exact) mass is 449 g/mol. The summed E-state index contributed by atoms with van der Waals surface area (Å²) in [6.45, 7) is 15.3. The summed E-state index contributed by atoms with van der Waals surface area (Å²) in [5, 5.41) is 11.4. The molecule has 0 fully saturated rings. The number of hydrogen-bond acceptors (Lipinski definition) is 6. The summed E-state index contributed by atoms with van der Waals surface area (Å²) in [6.07, 6.45) is 3.94. The van der Waals surface area contributed by atoms with Crippen molar-refractivity contribution in [3.05, 3.63) is 29.3 Å². The Morgan fingerprint density at radius 1 is 1.13 bits per heavy atom. The van der Waals surface area contributed by atoms with Gasteiger partial charge < -0.3 is 4.74 Å². The van der Waals surface area contributed by atoms with E-state index in [1.807, 2.05) is 19.2 Å². The van der Waals surface area contributed by atoms with Crippen LogP contribution in [0.1, 0.15) is 78.9 Å². The lowest BCUT2D eigenvalue weighted by Gasteiger charge is -2.31. The van der Waals surface area contributed by atoms with E-state index in [9.17, 15) is 4.79 Å². The summed E-state index contributed by atoms with van der Waals surface area (Å²) in [7, 11) is 0. The van der Waals surface area contributed by atoms with E-state index in [-0.39, 0.29) is 16.7 Å². The van der Waals surface area contributed by atoms with Gasteiger partial charge in [0, 0.05) is 5.56 Å². The molecule has 0 saturated carbocycles. The number of ether oxygens (including phenoxy) is 1. The molecule has 0 bridgehead atoms. The highest BCUT2D eigenvalue weighted by Crippen LogP contribution is 2.39. The molecule has 0 radical (unpaired) electrons. The lowest BCUT2D eigenvalue weighted by molar-refractivity contribution is -0.122. The SMILES string of the molecule is CCC(Oc1ccc(C(C)(C)CC)cc1C(C)(C)CC)C(=O)Nc1nnc(SC)s1. The molecule has 5 nitrogen and oxygen atoms in total. The molecule has 1 unspecified atom stereocenters. The summed E-state index contributed by atoms with van der Waals surface area (Å²) in [5.41, 5.74) is 2.47. The number of benzene rings is 1. The molecule has 1 aromatic heterocycles. The molecule has 1 amide bonds. The summed E-state index contributed by atoms with van der Waals surface area (Å²) in [5.74, 6) is 0.584. The third-order valence-electron chi connectivity index (χ3n) is 6.00. The number of nitrogens with zero attached hydrogens (tertiary/aromatic N) is 2. The van der Waals surface area contributed by atoms with Crippen molar-refractivity contribution in [2.45, 2.75) is 89.0 Å². The fraction of sp³-hybridized carbons (Fsp3) is 0.609. The lowest BCUT2D eigenvalue weighted by Crippen LogP contribution is -2.33. The van der Waals surface area contributed by atoms with Crippen LogP contribution in [-0.2, 0) is 15.6 Å². The molecule has 0 spiro atoms. The van der Waals surface area contributed by atoms with Gasteiger partial charge in [-0.15, -0.1) is 10.2 Å². The number of carbonyl (C=O) groups is 1. The van der Waals surface area contributed by atoms with Gasteiger partial charge in [0.15, 0.2) is 10.4 Å². The molecule has 0 aliphatic rings. The first-order valence-corrected chi connectivity index (χ1v) is 12.6. The Balaban J connectivity index is 2.32. The molecule has 1 heterocycles. The zero-order valence-corrected chi connectivity index (χ0v) is 21.1. The number of anilines is 1. The third kappa shape index (κ3) is 5.76. The van der Waals surface area contributed by atoms with Gasteiger partial charge in [-0.3, -0.25) is 10.1 Å². The summed E-state index contributed by atoms with van der Waals surface area (Å²) >= 11 is 2.87. The van der Waals surface area contributed by atoms with Crippen molar-refractivity contribution in [3.63, 3.8) is 0 Å². The Morgan fingerprint density at radius 3 is 2.33 bits per heavy atom. The quantitative estimate of drug-likeness (QED) is 0.334. The van der Waals surface area contributed by atoms with Crippen molar-refractivity contribution < 1.29 is 9.53 Å². The fourth-order valence-corrected chi connectivity index (χ4v) is 4.15. The molecule has 2 aromatic rings. The predicted molar refractivity (Wildman–Crippen MR) is 128 cm³/mol. The number of thioether (sulfide) groups is 1. The zero-order chi connectivity index (χ0) is 22.5. The summed E-state index contributed by atoms with van der Waals surface area (Å²) in [6, 6.07) is 6.43. The Labute approximate surface area is 189 Å². The lowest BCUT2D eigenvalue weighted by atomic mass is 9.76. The molecule has 2 rings (SSSR count). The summed E-state index contributed by atoms with van der Waals surface area (Å²) < 4.78 is 7.11. The van der Waals surface area contributed by atoms with Crippen molar-refractivity contribution in [2.75, 3.05) is 11.6 Å². The number of rotatable bonds is 10. The Hall–Kier alpha value is -1.60. The van der Waals surface area contributed by atoms with Crippen molar-refractivity contribution >= 4 is 34.1 Å². The first kappa shape index (κ1) is 24.7. The Morgan fingerprint density at radius 2 is 1.80 bits per heavy atom. The van der Waals surface area contributed by atoms with Crippen LogP contribution in [0.3, 0.4) is 0 Å². The van der Waals surface area contributed by atoms with Crippen molar-refractivity contribution in [2.24, 2.45) is 0 Å². The van der Waals surface area contributed by atoms with Crippen molar-refractivity contribution in [1.29, 1.82) is 0 Å². The zero-order valence-electron chi connectivity index (χ0n) is 19.5. The summed E-state index contributed by atoms with van der Waals surface area (Å²) in [4.78, 5) is 12.8. The molecular formula is C23H35N3O2S2. The second-order valence-electron chi connectivity index (χ2n) is 8.77. The maximum atomic E-state index is 12.8. The van der Waals surface area contributed by atoms with Gasteiger partial charge in [0.05, 0.1) is 0 Å². The number of hydrogen-bond donors (Lipinski definition) is 1. The molecule has 0 aliphatic carbocycles. The molecular weight excluding hydrogens is 414 g/mol. The van der Waals surface area contributed by atoms with Crippen LogP contribution >= 0.6 is 23.1 Å². The molecule has 166 valence electrons. The van der Waals surface area contributed by atoms with E-state index in [4.69, 9.17) is 4.74 Å². The minimum Gasteiger partial charge on any atom is -0.480 e. The predicted octanol–water partition coefficient (Wildman–Crippen LogP) is 6.43. The molecule has 0 aliphatic heterocycles. The Bertz CT molecular complexity index is 862. The van der Waals surface area contributed by atoms with Gasteiger partial charge in [0.1, 0.15) is 5.75 Å². The molecule has 1 aromatic carbocycles. The van der Waals surface area contributed by atoms with Crippen LogP contribution in [0.4, 0.5) is 5.13 Å². The topological polar surface area (TPSA) is 64.1 Å². The minimum absolute atomic E-state index is 0.0591. The number of nitrogens with one attached hydrogen (secondary N) is 1. The minimum atomic E-state index is -0.594. The number of aromatic nitrogens is 2. The van der Waals surface area contributed by atoms with Crippen LogP contribution in [0.25, 0.3) is 0 Å². The van der Waals surface area contributed by atoms with Crippen LogP contribution in [0.5, 0.6) is 5.75 Å². The molecule has 1 atom stereocenters. The van der Waals surface area contributed by atoms with E-state index in [2.05, 4.69) is 69.2 Å². The first-order valence-electron chi connectivity index (χ1n) is 10.6. The van der Waals surface area contributed by atoms with Crippen LogP contribution in [-0.4, -0.2) is 28.5 Å². The van der Waals surface area contributed by atoms with Gasteiger partial charge >= 0.3 is 0 Å². The maximum Gasteiger partial charge on any atom is 0.267 e. The fourth-order valence-electron chi connectivity index (χ4n) is 2.98. The van der Waals surface area contributed by atoms with Gasteiger partial charge in [-0.2, -0.15) is 0 Å². The van der Waals surface area contributed by atoms with E-state index in [1.165, 1.54) is 28.7 Å². The number of amides is 1. The van der Waals surface area contributed by atoms with Gasteiger partial charge in [-0.05, 0) is 48.0 Å². The highest BCUT2D eigenvalue weighted by atomic mass is 32.2. The smallest absolute Gasteiger partial charge is 0.267 e. The van der Waals surface area contributed by atoms with Gasteiger partial charge in [0.2, 0.25) is 5.13 Å². The third-order valence-corrected chi connectivity index (χ3v) is 7.82. The Kier molecular flexibility index (Phi) is 8.34. The van der Waals surface area contributed by atoms with Gasteiger partial charge in [0.25, 0.3) is 5.91 Å². The molecule has 0 saturated heterocycles. The van der Waals surface area contributed by atoms with E-state index in [0.717, 1.165) is 28.5 Å². The van der Waals surface area contributed by atoms with E-state index in [0.29, 0.717) is 11.6 Å². The molecule has 1 N–H and O–H groups in total. The first-order chi connectivity index (χ1) is 14.1. The number of carbonyl (C=O) groups excluding carboxylic acids is 1. The van der Waals surface area contributed by atoms with Gasteiger partial charge in [-0.25, -0.2) is 0 Å². The molecule has 30 heavy (non-hydrogen) atoms. The second kappa shape index (κ2) is 10.1. The van der Waals surface area contributed by atoms with Crippen molar-refractivity contribution in [1.82, 2.24) is 10.2 Å². The van der Waals surface area contributed by atoms with E-state index >= 15 is 0 Å². The molecule has 7 heteroatoms. The van der Waals surface area contributed by atoms with E-state index in [1.54, 1.807) is 0 Å². The standard InChI is InChI=1S/C23H35N3O2S2/c1-9-17(19(27)24-20-25-26-21(29-8)30-20)28-18-13-12-15(22(4,5)10-2)14-16(18)23(6,7)11-3/h12-14,17H,9-11H2,1-8H3,(H,24,25,27). The van der Waals surface area contributed by atoms with E-state index < -0.39 is 6.10 Å². The van der Waals surface area contributed by atoms with Crippen molar-refractivity contribution in [3.8, 4) is 5.75 Å². The highest BCUT2D eigenvalue weighted by Gasteiger charge is 2.29. The normalized spacial score (nSPS) is 13.2. The van der Waals surface area contributed by atoms with Crippen LogP contribution in [0.2, 0.25) is 0 Å². The maximum absolute atomic E-state index is 12.8. The average Bonchev–Trinajstić information content (AvgIpc) is 3.19. The highest BCUT2D eigenvalue weighted by molar-refractivity contribution is 8.00.